The Bertz CT molecular complexity index is 426. The average Bonchev–Trinajstić information content (AvgIpc) is 2.28. The molecule has 0 spiro atoms. The van der Waals surface area contributed by atoms with Crippen LogP contribution >= 0.6 is 11.6 Å². The highest BCUT2D eigenvalue weighted by atomic mass is 35.5. The van der Waals surface area contributed by atoms with Gasteiger partial charge in [-0.3, -0.25) is 0 Å². The molecule has 1 heterocycles. The molecule has 1 unspecified atom stereocenters. The predicted octanol–water partition coefficient (Wildman–Crippen LogP) is 3.32. The lowest BCUT2D eigenvalue weighted by Gasteiger charge is -2.33. The van der Waals surface area contributed by atoms with E-state index in [9.17, 15) is 4.79 Å². The van der Waals surface area contributed by atoms with Crippen LogP contribution in [0.15, 0.2) is 24.3 Å². The summed E-state index contributed by atoms with van der Waals surface area (Å²) >= 11 is 5.89. The summed E-state index contributed by atoms with van der Waals surface area (Å²) in [5, 5.41) is 3.88. The zero-order chi connectivity index (χ0) is 13.8. The number of urea groups is 1. The first kappa shape index (κ1) is 14.2. The van der Waals surface area contributed by atoms with Crippen LogP contribution in [0.25, 0.3) is 0 Å². The molecular formula is C15H21ClN2O. The maximum absolute atomic E-state index is 12.0. The van der Waals surface area contributed by atoms with Crippen LogP contribution in [-0.4, -0.2) is 30.1 Å². The Hall–Kier alpha value is -1.22. The number of carbonyl (C=O) groups excluding carboxylic acids is 1. The molecule has 1 aromatic carbocycles. The molecule has 4 heteroatoms. The van der Waals surface area contributed by atoms with Crippen molar-refractivity contribution in [2.24, 2.45) is 5.92 Å². The van der Waals surface area contributed by atoms with Crippen molar-refractivity contribution in [1.82, 2.24) is 10.2 Å². The van der Waals surface area contributed by atoms with E-state index >= 15 is 0 Å². The number of hydrogen-bond donors (Lipinski definition) is 1. The normalized spacial score (nSPS) is 16.1. The van der Waals surface area contributed by atoms with Gasteiger partial charge in [-0.15, -0.1) is 0 Å². The van der Waals surface area contributed by atoms with Gasteiger partial charge < -0.3 is 10.2 Å². The number of hydrogen-bond acceptors (Lipinski definition) is 1. The Morgan fingerprint density at radius 3 is 2.42 bits per heavy atom. The van der Waals surface area contributed by atoms with Gasteiger partial charge in [-0.05, 0) is 36.5 Å². The van der Waals surface area contributed by atoms with E-state index in [0.29, 0.717) is 5.92 Å². The minimum absolute atomic E-state index is 0.0684. The molecule has 1 fully saturated rings. The van der Waals surface area contributed by atoms with Crippen LogP contribution in [0.1, 0.15) is 25.8 Å². The molecule has 19 heavy (non-hydrogen) atoms. The molecule has 1 atom stereocenters. The molecule has 0 saturated carbocycles. The lowest BCUT2D eigenvalue weighted by atomic mass is 9.96. The van der Waals surface area contributed by atoms with Crippen LogP contribution in [-0.2, 0) is 6.42 Å². The molecule has 3 nitrogen and oxygen atoms in total. The fourth-order valence-electron chi connectivity index (χ4n) is 2.10. The molecule has 0 aromatic heterocycles. The largest absolute Gasteiger partial charge is 0.335 e. The highest BCUT2D eigenvalue weighted by Gasteiger charge is 2.24. The van der Waals surface area contributed by atoms with Crippen molar-refractivity contribution < 1.29 is 4.79 Å². The van der Waals surface area contributed by atoms with Gasteiger partial charge in [-0.25, -0.2) is 4.79 Å². The molecule has 104 valence electrons. The van der Waals surface area contributed by atoms with Crippen molar-refractivity contribution in [2.75, 3.05) is 13.1 Å². The Morgan fingerprint density at radius 1 is 1.32 bits per heavy atom. The van der Waals surface area contributed by atoms with Crippen LogP contribution in [0.5, 0.6) is 0 Å². The summed E-state index contributed by atoms with van der Waals surface area (Å²) in [6.45, 7) is 6.04. The van der Waals surface area contributed by atoms with Crippen LogP contribution in [0.3, 0.4) is 0 Å². The minimum Gasteiger partial charge on any atom is -0.335 e. The average molecular weight is 281 g/mol. The Morgan fingerprint density at radius 2 is 1.95 bits per heavy atom. The summed E-state index contributed by atoms with van der Waals surface area (Å²) < 4.78 is 0. The van der Waals surface area contributed by atoms with E-state index in [1.54, 1.807) is 0 Å². The number of likely N-dealkylation sites (tertiary alicyclic amines) is 1. The molecule has 2 rings (SSSR count). The van der Waals surface area contributed by atoms with Gasteiger partial charge in [0, 0.05) is 24.2 Å². The van der Waals surface area contributed by atoms with Crippen molar-refractivity contribution in [3.05, 3.63) is 34.9 Å². The van der Waals surface area contributed by atoms with Crippen molar-refractivity contribution >= 4 is 17.6 Å². The lowest BCUT2D eigenvalue weighted by molar-refractivity contribution is 0.161. The van der Waals surface area contributed by atoms with Crippen molar-refractivity contribution in [3.63, 3.8) is 0 Å². The van der Waals surface area contributed by atoms with Gasteiger partial charge in [0.05, 0.1) is 0 Å². The number of rotatable bonds is 4. The Kier molecular flexibility index (Phi) is 4.70. The second-order valence-corrected chi connectivity index (χ2v) is 5.91. The molecule has 1 saturated heterocycles. The summed E-state index contributed by atoms with van der Waals surface area (Å²) in [5.41, 5.74) is 1.20. The molecule has 2 amide bonds. The third-order valence-electron chi connectivity index (χ3n) is 3.63. The molecule has 1 aliphatic heterocycles. The molecule has 0 radical (unpaired) electrons. The SMILES string of the molecule is CC(C)C(Cc1ccc(Cl)cc1)NC(=O)N1CCC1. The van der Waals surface area contributed by atoms with Gasteiger partial charge in [0.15, 0.2) is 0 Å². The van der Waals surface area contributed by atoms with Gasteiger partial charge in [-0.1, -0.05) is 37.6 Å². The first-order valence-corrected chi connectivity index (χ1v) is 7.24. The summed E-state index contributed by atoms with van der Waals surface area (Å²) in [6, 6.07) is 8.06. The first-order chi connectivity index (χ1) is 9.06. The van der Waals surface area contributed by atoms with Crippen LogP contribution < -0.4 is 5.32 Å². The van der Waals surface area contributed by atoms with E-state index in [-0.39, 0.29) is 12.1 Å². The zero-order valence-electron chi connectivity index (χ0n) is 11.5. The first-order valence-electron chi connectivity index (χ1n) is 6.86. The van der Waals surface area contributed by atoms with Crippen LogP contribution in [0, 0.1) is 5.92 Å². The highest BCUT2D eigenvalue weighted by molar-refractivity contribution is 6.30. The standard InChI is InChI=1S/C15H21ClN2O/c1-11(2)14(17-15(19)18-8-3-9-18)10-12-4-6-13(16)7-5-12/h4-7,11,14H,3,8-10H2,1-2H3,(H,17,19). The van der Waals surface area contributed by atoms with Gasteiger partial charge in [0.2, 0.25) is 0 Å². The summed E-state index contributed by atoms with van der Waals surface area (Å²) in [5.74, 6) is 0.404. The Labute approximate surface area is 119 Å². The summed E-state index contributed by atoms with van der Waals surface area (Å²) in [6.07, 6.45) is 1.96. The van der Waals surface area contributed by atoms with Crippen LogP contribution in [0.4, 0.5) is 4.79 Å². The number of amides is 2. The highest BCUT2D eigenvalue weighted by Crippen LogP contribution is 2.15. The smallest absolute Gasteiger partial charge is 0.317 e. The maximum Gasteiger partial charge on any atom is 0.317 e. The summed E-state index contributed by atoms with van der Waals surface area (Å²) in [7, 11) is 0. The number of carbonyl (C=O) groups is 1. The van der Waals surface area contributed by atoms with E-state index in [0.717, 1.165) is 31.0 Å². The van der Waals surface area contributed by atoms with E-state index in [1.807, 2.05) is 29.2 Å². The lowest BCUT2D eigenvalue weighted by Crippen LogP contribution is -2.52. The quantitative estimate of drug-likeness (QED) is 0.901. The summed E-state index contributed by atoms with van der Waals surface area (Å²) in [4.78, 5) is 13.8. The van der Waals surface area contributed by atoms with E-state index in [2.05, 4.69) is 19.2 Å². The molecule has 1 N–H and O–H groups in total. The topological polar surface area (TPSA) is 32.3 Å². The molecule has 0 aliphatic carbocycles. The van der Waals surface area contributed by atoms with Gasteiger partial charge in [-0.2, -0.15) is 0 Å². The fourth-order valence-corrected chi connectivity index (χ4v) is 2.22. The second-order valence-electron chi connectivity index (χ2n) is 5.47. The fraction of sp³-hybridized carbons (Fsp3) is 0.533. The monoisotopic (exact) mass is 280 g/mol. The van der Waals surface area contributed by atoms with Gasteiger partial charge in [0.25, 0.3) is 0 Å². The molecule has 1 aliphatic rings. The molecule has 0 bridgehead atoms. The van der Waals surface area contributed by atoms with E-state index in [1.165, 1.54) is 5.56 Å². The van der Waals surface area contributed by atoms with Crippen molar-refractivity contribution in [1.29, 1.82) is 0 Å². The maximum atomic E-state index is 12.0. The number of halogens is 1. The number of nitrogens with zero attached hydrogens (tertiary/aromatic N) is 1. The van der Waals surface area contributed by atoms with E-state index in [4.69, 9.17) is 11.6 Å². The van der Waals surface area contributed by atoms with Gasteiger partial charge >= 0.3 is 6.03 Å². The third kappa shape index (κ3) is 3.87. The minimum atomic E-state index is 0.0684. The zero-order valence-corrected chi connectivity index (χ0v) is 12.3. The van der Waals surface area contributed by atoms with Gasteiger partial charge in [0.1, 0.15) is 0 Å². The number of benzene rings is 1. The number of nitrogens with one attached hydrogen (secondary N) is 1. The molecular weight excluding hydrogens is 260 g/mol. The van der Waals surface area contributed by atoms with Crippen LogP contribution in [0.2, 0.25) is 5.02 Å². The predicted molar refractivity (Wildman–Crippen MR) is 78.5 cm³/mol. The third-order valence-corrected chi connectivity index (χ3v) is 3.88. The Balaban J connectivity index is 1.95. The van der Waals surface area contributed by atoms with E-state index < -0.39 is 0 Å². The van der Waals surface area contributed by atoms with Crippen molar-refractivity contribution in [3.8, 4) is 0 Å². The second kappa shape index (κ2) is 6.29. The molecule has 1 aromatic rings. The van der Waals surface area contributed by atoms with Crippen molar-refractivity contribution in [2.45, 2.75) is 32.7 Å².